The Labute approximate surface area is 122 Å². The molecule has 21 heavy (non-hydrogen) atoms. The third-order valence-corrected chi connectivity index (χ3v) is 2.73. The molecule has 112 valence electrons. The summed E-state index contributed by atoms with van der Waals surface area (Å²) in [5.74, 6) is 8.21. The zero-order valence-electron chi connectivity index (χ0n) is 12.0. The average molecular weight is 291 g/mol. The van der Waals surface area contributed by atoms with Gasteiger partial charge in [-0.1, -0.05) is 6.07 Å². The summed E-state index contributed by atoms with van der Waals surface area (Å²) < 4.78 is 21.5. The van der Waals surface area contributed by atoms with E-state index in [0.717, 1.165) is 0 Å². The molecule has 3 N–H and O–H groups in total. The van der Waals surface area contributed by atoms with Crippen LogP contribution in [-0.2, 0) is 0 Å². The van der Waals surface area contributed by atoms with E-state index in [1.54, 1.807) is 37.4 Å². The lowest BCUT2D eigenvalue weighted by Gasteiger charge is -2.14. The standard InChI is InChI=1S/C14H17N3O4/c1-18-10-7-9(8-11(19-2)14(10)20-3)21-13-6-4-5-12(16-13)17-15/h4-8H,15H2,1-3H3,(H,16,17). The summed E-state index contributed by atoms with van der Waals surface area (Å²) in [6, 6.07) is 8.58. The van der Waals surface area contributed by atoms with Gasteiger partial charge >= 0.3 is 0 Å². The van der Waals surface area contributed by atoms with Crippen LogP contribution in [0.15, 0.2) is 30.3 Å². The Morgan fingerprint density at radius 2 is 1.67 bits per heavy atom. The van der Waals surface area contributed by atoms with Crippen molar-refractivity contribution in [2.75, 3.05) is 26.8 Å². The van der Waals surface area contributed by atoms with E-state index in [0.29, 0.717) is 34.7 Å². The van der Waals surface area contributed by atoms with Gasteiger partial charge in [-0.25, -0.2) is 5.84 Å². The van der Waals surface area contributed by atoms with Crippen molar-refractivity contribution < 1.29 is 18.9 Å². The molecule has 0 fully saturated rings. The number of nitrogen functional groups attached to an aromatic ring is 1. The lowest BCUT2D eigenvalue weighted by atomic mass is 10.2. The number of ether oxygens (including phenoxy) is 4. The maximum atomic E-state index is 5.68. The minimum absolute atomic E-state index is 0.389. The van der Waals surface area contributed by atoms with Crippen molar-refractivity contribution in [2.24, 2.45) is 5.84 Å². The van der Waals surface area contributed by atoms with E-state index in [2.05, 4.69) is 10.4 Å². The summed E-state index contributed by atoms with van der Waals surface area (Å²) in [5, 5.41) is 0. The molecule has 0 atom stereocenters. The smallest absolute Gasteiger partial charge is 0.221 e. The van der Waals surface area contributed by atoms with Crippen LogP contribution in [0.3, 0.4) is 0 Å². The molecule has 2 rings (SSSR count). The Balaban J connectivity index is 2.35. The highest BCUT2D eigenvalue weighted by Crippen LogP contribution is 2.41. The average Bonchev–Trinajstić information content (AvgIpc) is 2.53. The van der Waals surface area contributed by atoms with Crippen LogP contribution < -0.4 is 30.2 Å². The molecule has 0 aliphatic rings. The van der Waals surface area contributed by atoms with Crippen LogP contribution in [0.25, 0.3) is 0 Å². The molecule has 1 heterocycles. The van der Waals surface area contributed by atoms with Gasteiger partial charge in [-0.2, -0.15) is 4.98 Å². The number of pyridine rings is 1. The second-order valence-electron chi connectivity index (χ2n) is 3.97. The molecule has 0 radical (unpaired) electrons. The first-order chi connectivity index (χ1) is 10.2. The van der Waals surface area contributed by atoms with Gasteiger partial charge in [0.1, 0.15) is 11.6 Å². The number of nitrogens with one attached hydrogen (secondary N) is 1. The van der Waals surface area contributed by atoms with E-state index in [4.69, 9.17) is 24.8 Å². The van der Waals surface area contributed by atoms with Crippen LogP contribution in [0.5, 0.6) is 28.9 Å². The fourth-order valence-electron chi connectivity index (χ4n) is 1.79. The normalized spacial score (nSPS) is 9.90. The summed E-state index contributed by atoms with van der Waals surface area (Å²) in [4.78, 5) is 4.17. The highest BCUT2D eigenvalue weighted by atomic mass is 16.5. The summed E-state index contributed by atoms with van der Waals surface area (Å²) in [6.07, 6.45) is 0. The Kier molecular flexibility index (Phi) is 4.68. The maximum absolute atomic E-state index is 5.68. The monoisotopic (exact) mass is 291 g/mol. The highest BCUT2D eigenvalue weighted by molar-refractivity contribution is 5.56. The van der Waals surface area contributed by atoms with Gasteiger partial charge in [0.15, 0.2) is 11.5 Å². The van der Waals surface area contributed by atoms with E-state index in [-0.39, 0.29) is 0 Å². The Bertz CT molecular complexity index is 594. The quantitative estimate of drug-likeness (QED) is 0.623. The van der Waals surface area contributed by atoms with Gasteiger partial charge in [0, 0.05) is 18.2 Å². The minimum Gasteiger partial charge on any atom is -0.493 e. The Hall–Kier alpha value is -2.67. The van der Waals surface area contributed by atoms with Crippen LogP contribution >= 0.6 is 0 Å². The molecule has 0 bridgehead atoms. The molecule has 1 aromatic heterocycles. The van der Waals surface area contributed by atoms with Gasteiger partial charge in [-0.05, 0) is 6.07 Å². The molecule has 7 heteroatoms. The molecule has 0 saturated heterocycles. The summed E-state index contributed by atoms with van der Waals surface area (Å²) >= 11 is 0. The van der Waals surface area contributed by atoms with Crippen molar-refractivity contribution in [1.29, 1.82) is 0 Å². The molecular weight excluding hydrogens is 274 g/mol. The fraction of sp³-hybridized carbons (Fsp3) is 0.214. The van der Waals surface area contributed by atoms with Crippen LogP contribution in [0.4, 0.5) is 5.82 Å². The van der Waals surface area contributed by atoms with Gasteiger partial charge in [-0.15, -0.1) is 0 Å². The Morgan fingerprint density at radius 1 is 1.00 bits per heavy atom. The van der Waals surface area contributed by atoms with Gasteiger partial charge in [0.05, 0.1) is 21.3 Å². The van der Waals surface area contributed by atoms with E-state index < -0.39 is 0 Å². The van der Waals surface area contributed by atoms with Crippen LogP contribution in [0.2, 0.25) is 0 Å². The first-order valence-corrected chi connectivity index (χ1v) is 6.13. The van der Waals surface area contributed by atoms with Crippen LogP contribution in [0.1, 0.15) is 0 Å². The van der Waals surface area contributed by atoms with E-state index >= 15 is 0 Å². The number of hydrazine groups is 1. The molecule has 0 amide bonds. The number of rotatable bonds is 6. The second-order valence-corrected chi connectivity index (χ2v) is 3.97. The van der Waals surface area contributed by atoms with E-state index in [1.165, 1.54) is 14.2 Å². The number of nitrogens with two attached hydrogens (primary N) is 1. The van der Waals surface area contributed by atoms with Gasteiger partial charge in [0.2, 0.25) is 11.6 Å². The molecule has 0 unspecified atom stereocenters. The van der Waals surface area contributed by atoms with E-state index in [9.17, 15) is 0 Å². The lowest BCUT2D eigenvalue weighted by molar-refractivity contribution is 0.320. The first kappa shape index (κ1) is 14.7. The number of hydrogen-bond donors (Lipinski definition) is 2. The van der Waals surface area contributed by atoms with Crippen molar-refractivity contribution in [3.8, 4) is 28.9 Å². The van der Waals surface area contributed by atoms with Crippen molar-refractivity contribution >= 4 is 5.82 Å². The molecule has 0 spiro atoms. The van der Waals surface area contributed by atoms with Crippen molar-refractivity contribution in [1.82, 2.24) is 4.98 Å². The summed E-state index contributed by atoms with van der Waals surface area (Å²) in [6.45, 7) is 0. The molecule has 0 saturated carbocycles. The maximum Gasteiger partial charge on any atom is 0.221 e. The first-order valence-electron chi connectivity index (χ1n) is 6.13. The Morgan fingerprint density at radius 3 is 2.19 bits per heavy atom. The molecule has 1 aromatic carbocycles. The summed E-state index contributed by atoms with van der Waals surface area (Å²) in [7, 11) is 4.62. The lowest BCUT2D eigenvalue weighted by Crippen LogP contribution is -2.08. The molecule has 2 aromatic rings. The third kappa shape index (κ3) is 3.26. The summed E-state index contributed by atoms with van der Waals surface area (Å²) in [5.41, 5.74) is 2.46. The number of anilines is 1. The van der Waals surface area contributed by atoms with Crippen LogP contribution in [0, 0.1) is 0 Å². The van der Waals surface area contributed by atoms with E-state index in [1.807, 2.05) is 0 Å². The topological polar surface area (TPSA) is 87.9 Å². The largest absolute Gasteiger partial charge is 0.493 e. The van der Waals surface area contributed by atoms with Crippen molar-refractivity contribution in [3.05, 3.63) is 30.3 Å². The van der Waals surface area contributed by atoms with Crippen molar-refractivity contribution in [2.45, 2.75) is 0 Å². The number of methoxy groups -OCH3 is 3. The van der Waals surface area contributed by atoms with Crippen molar-refractivity contribution in [3.63, 3.8) is 0 Å². The number of hydrogen-bond acceptors (Lipinski definition) is 7. The second kappa shape index (κ2) is 6.67. The predicted octanol–water partition coefficient (Wildman–Crippen LogP) is 2.19. The fourth-order valence-corrected chi connectivity index (χ4v) is 1.79. The number of aromatic nitrogens is 1. The minimum atomic E-state index is 0.389. The highest BCUT2D eigenvalue weighted by Gasteiger charge is 2.14. The van der Waals surface area contributed by atoms with Gasteiger partial charge < -0.3 is 24.4 Å². The molecular formula is C14H17N3O4. The van der Waals surface area contributed by atoms with Crippen LogP contribution in [-0.4, -0.2) is 26.3 Å². The predicted molar refractivity (Wildman–Crippen MR) is 78.2 cm³/mol. The SMILES string of the molecule is COc1cc(Oc2cccc(NN)n2)cc(OC)c1OC. The number of benzene rings is 1. The molecule has 7 nitrogen and oxygen atoms in total. The molecule has 0 aliphatic heterocycles. The zero-order valence-corrected chi connectivity index (χ0v) is 12.0. The number of nitrogens with zero attached hydrogens (tertiary/aromatic N) is 1. The van der Waals surface area contributed by atoms with Gasteiger partial charge in [-0.3, -0.25) is 0 Å². The third-order valence-electron chi connectivity index (χ3n) is 2.73. The van der Waals surface area contributed by atoms with Gasteiger partial charge in [0.25, 0.3) is 0 Å². The molecule has 0 aliphatic carbocycles. The zero-order chi connectivity index (χ0) is 15.2.